The summed E-state index contributed by atoms with van der Waals surface area (Å²) >= 11 is 0. The molecule has 1 saturated heterocycles. The van der Waals surface area contributed by atoms with Crippen LogP contribution in [0, 0.1) is 0 Å². The molecule has 1 aliphatic rings. The van der Waals surface area contributed by atoms with Gasteiger partial charge in [-0.25, -0.2) is 0 Å². The summed E-state index contributed by atoms with van der Waals surface area (Å²) in [6, 6.07) is 8.16. The van der Waals surface area contributed by atoms with Crippen molar-refractivity contribution in [3.8, 4) is 0 Å². The number of nitrogens with one attached hydrogen (secondary N) is 1. The van der Waals surface area contributed by atoms with Crippen molar-refractivity contribution in [3.05, 3.63) is 36.1 Å². The Hall–Kier alpha value is -1.36. The minimum Gasteiger partial charge on any atom is -0.464 e. The molecule has 1 fully saturated rings. The lowest BCUT2D eigenvalue weighted by atomic mass is 10.0. The van der Waals surface area contributed by atoms with E-state index in [-0.39, 0.29) is 11.6 Å². The van der Waals surface area contributed by atoms with Crippen LogP contribution in [-0.4, -0.2) is 25.3 Å². The third-order valence-corrected chi connectivity index (χ3v) is 4.14. The molecule has 2 atom stereocenters. The highest BCUT2D eigenvalue weighted by molar-refractivity contribution is 5.81. The number of furan rings is 1. The molecule has 1 aromatic heterocycles. The number of hydrogen-bond donors (Lipinski definition) is 2. The second-order valence-electron chi connectivity index (χ2n) is 5.76. The molecule has 3 N–H and O–H groups in total. The van der Waals surface area contributed by atoms with E-state index >= 15 is 0 Å². The first kappa shape index (κ1) is 13.6. The van der Waals surface area contributed by atoms with E-state index in [4.69, 9.17) is 14.9 Å². The fourth-order valence-corrected chi connectivity index (χ4v) is 2.90. The zero-order chi connectivity index (χ0) is 14.0. The van der Waals surface area contributed by atoms with Crippen molar-refractivity contribution in [2.75, 3.05) is 19.7 Å². The maximum Gasteiger partial charge on any atom is 0.134 e. The predicted molar refractivity (Wildman–Crippen MR) is 79.6 cm³/mol. The number of hydrogen-bond acceptors (Lipinski definition) is 4. The van der Waals surface area contributed by atoms with Crippen LogP contribution in [0.25, 0.3) is 11.0 Å². The highest BCUT2D eigenvalue weighted by Crippen LogP contribution is 2.28. The third-order valence-electron chi connectivity index (χ3n) is 4.14. The molecule has 3 rings (SSSR count). The van der Waals surface area contributed by atoms with Crippen molar-refractivity contribution in [1.82, 2.24) is 5.32 Å². The van der Waals surface area contributed by atoms with Crippen LogP contribution in [-0.2, 0) is 4.74 Å². The Morgan fingerprint density at radius 3 is 3.00 bits per heavy atom. The summed E-state index contributed by atoms with van der Waals surface area (Å²) in [7, 11) is 0. The largest absolute Gasteiger partial charge is 0.464 e. The van der Waals surface area contributed by atoms with Crippen LogP contribution in [0.5, 0.6) is 0 Å². The molecule has 0 aliphatic carbocycles. The molecule has 0 spiro atoms. The van der Waals surface area contributed by atoms with Crippen molar-refractivity contribution in [1.29, 1.82) is 0 Å². The monoisotopic (exact) mass is 274 g/mol. The third kappa shape index (κ3) is 2.59. The molecular weight excluding hydrogens is 252 g/mol. The molecule has 4 nitrogen and oxygen atoms in total. The topological polar surface area (TPSA) is 60.4 Å². The van der Waals surface area contributed by atoms with E-state index in [2.05, 4.69) is 18.3 Å². The first-order chi connectivity index (χ1) is 9.72. The zero-order valence-electron chi connectivity index (χ0n) is 11.9. The Morgan fingerprint density at radius 2 is 2.25 bits per heavy atom. The summed E-state index contributed by atoms with van der Waals surface area (Å²) in [5.41, 5.74) is 7.91. The van der Waals surface area contributed by atoms with Crippen molar-refractivity contribution < 1.29 is 9.15 Å². The number of fused-ring (bicyclic) bond motifs is 1. The molecule has 20 heavy (non-hydrogen) atoms. The Morgan fingerprint density at radius 1 is 1.40 bits per heavy atom. The van der Waals surface area contributed by atoms with Gasteiger partial charge in [-0.3, -0.25) is 0 Å². The summed E-state index contributed by atoms with van der Waals surface area (Å²) < 4.78 is 11.4. The Bertz CT molecular complexity index is 573. The van der Waals surface area contributed by atoms with Gasteiger partial charge in [0.1, 0.15) is 5.58 Å². The van der Waals surface area contributed by atoms with E-state index in [1.54, 1.807) is 0 Å². The van der Waals surface area contributed by atoms with E-state index < -0.39 is 0 Å². The maximum absolute atomic E-state index is 5.94. The molecular formula is C16H22N2O2. The normalized spacial score (nSPS) is 24.3. The Kier molecular flexibility index (Phi) is 3.78. The van der Waals surface area contributed by atoms with Gasteiger partial charge in [0.15, 0.2) is 0 Å². The molecule has 2 heterocycles. The molecule has 0 bridgehead atoms. The van der Waals surface area contributed by atoms with Crippen LogP contribution in [0.1, 0.15) is 31.4 Å². The number of rotatable bonds is 5. The average molecular weight is 274 g/mol. The molecule has 0 amide bonds. The average Bonchev–Trinajstić information content (AvgIpc) is 3.07. The minimum atomic E-state index is -0.0625. The van der Waals surface area contributed by atoms with Crippen molar-refractivity contribution >= 4 is 11.0 Å². The van der Waals surface area contributed by atoms with Gasteiger partial charge < -0.3 is 20.2 Å². The summed E-state index contributed by atoms with van der Waals surface area (Å²) in [5, 5.41) is 4.67. The van der Waals surface area contributed by atoms with Gasteiger partial charge in [0.25, 0.3) is 0 Å². The lowest BCUT2D eigenvalue weighted by molar-refractivity contribution is 0.0189. The highest BCUT2D eigenvalue weighted by atomic mass is 16.5. The van der Waals surface area contributed by atoms with Gasteiger partial charge in [-0.05, 0) is 25.8 Å². The van der Waals surface area contributed by atoms with Crippen LogP contribution in [0.15, 0.2) is 34.9 Å². The van der Waals surface area contributed by atoms with E-state index in [0.29, 0.717) is 6.54 Å². The first-order valence-corrected chi connectivity index (χ1v) is 7.25. The second kappa shape index (κ2) is 5.56. The summed E-state index contributed by atoms with van der Waals surface area (Å²) in [5.74, 6) is 0. The first-order valence-electron chi connectivity index (χ1n) is 7.25. The molecule has 4 heteroatoms. The molecule has 0 saturated carbocycles. The van der Waals surface area contributed by atoms with Crippen molar-refractivity contribution in [2.45, 2.75) is 31.4 Å². The highest BCUT2D eigenvalue weighted by Gasteiger charge is 2.30. The van der Waals surface area contributed by atoms with Crippen molar-refractivity contribution in [2.24, 2.45) is 5.73 Å². The van der Waals surface area contributed by atoms with Gasteiger partial charge in [-0.1, -0.05) is 18.2 Å². The lowest BCUT2D eigenvalue weighted by Crippen LogP contribution is -2.40. The second-order valence-corrected chi connectivity index (χ2v) is 5.76. The van der Waals surface area contributed by atoms with E-state index in [9.17, 15) is 0 Å². The van der Waals surface area contributed by atoms with Gasteiger partial charge in [0.05, 0.1) is 11.9 Å². The van der Waals surface area contributed by atoms with E-state index in [0.717, 1.165) is 42.5 Å². The molecule has 0 radical (unpaired) electrons. The Labute approximate surface area is 119 Å². The quantitative estimate of drug-likeness (QED) is 0.880. The van der Waals surface area contributed by atoms with Gasteiger partial charge in [0.2, 0.25) is 0 Å². The fraction of sp³-hybridized carbons (Fsp3) is 0.500. The van der Waals surface area contributed by atoms with Crippen molar-refractivity contribution in [3.63, 3.8) is 0 Å². The molecule has 1 aliphatic heterocycles. The summed E-state index contributed by atoms with van der Waals surface area (Å²) in [6.45, 7) is 4.38. The van der Waals surface area contributed by atoms with Crippen LogP contribution >= 0.6 is 0 Å². The van der Waals surface area contributed by atoms with E-state index in [1.165, 1.54) is 0 Å². The van der Waals surface area contributed by atoms with Crippen LogP contribution in [0.4, 0.5) is 0 Å². The minimum absolute atomic E-state index is 0.0625. The SMILES string of the molecule is CC1(CNC(CN)c2coc3ccccc23)CCCO1. The van der Waals surface area contributed by atoms with Gasteiger partial charge >= 0.3 is 0 Å². The molecule has 2 unspecified atom stereocenters. The number of ether oxygens (including phenoxy) is 1. The van der Waals surface area contributed by atoms with Gasteiger partial charge in [-0.2, -0.15) is 0 Å². The smallest absolute Gasteiger partial charge is 0.134 e. The fourth-order valence-electron chi connectivity index (χ4n) is 2.90. The molecule has 1 aromatic carbocycles. The number of para-hydroxylation sites is 1. The lowest BCUT2D eigenvalue weighted by Gasteiger charge is -2.26. The molecule has 2 aromatic rings. The number of benzene rings is 1. The van der Waals surface area contributed by atoms with Gasteiger partial charge in [0, 0.05) is 36.7 Å². The number of nitrogens with two attached hydrogens (primary N) is 1. The summed E-state index contributed by atoms with van der Waals surface area (Å²) in [4.78, 5) is 0. The van der Waals surface area contributed by atoms with Crippen LogP contribution in [0.3, 0.4) is 0 Å². The van der Waals surface area contributed by atoms with Crippen LogP contribution < -0.4 is 11.1 Å². The van der Waals surface area contributed by atoms with Gasteiger partial charge in [-0.15, -0.1) is 0 Å². The Balaban J connectivity index is 1.76. The van der Waals surface area contributed by atoms with E-state index in [1.807, 2.05) is 24.5 Å². The van der Waals surface area contributed by atoms with Crippen LogP contribution in [0.2, 0.25) is 0 Å². The standard InChI is InChI=1S/C16H22N2O2/c1-16(7-4-8-20-16)11-18-14(9-17)13-10-19-15-6-3-2-5-12(13)15/h2-3,5-6,10,14,18H,4,7-9,11,17H2,1H3. The maximum atomic E-state index is 5.94. The molecule has 108 valence electrons. The predicted octanol–water partition coefficient (Wildman–Crippen LogP) is 2.59. The summed E-state index contributed by atoms with van der Waals surface area (Å²) in [6.07, 6.45) is 4.05. The zero-order valence-corrected chi connectivity index (χ0v) is 11.9.